The Morgan fingerprint density at radius 2 is 1.88 bits per heavy atom. The predicted molar refractivity (Wildman–Crippen MR) is 117 cm³/mol. The summed E-state index contributed by atoms with van der Waals surface area (Å²) >= 11 is 0. The van der Waals surface area contributed by atoms with Gasteiger partial charge in [-0.15, -0.1) is 34.2 Å². The monoisotopic (exact) mass is 464 g/mol. The number of unbranched alkanes of at least 4 members (excludes halogenated alkanes) is 2. The minimum atomic E-state index is 0. The normalized spacial score (nSPS) is 13.9. The summed E-state index contributed by atoms with van der Waals surface area (Å²) in [5, 5.41) is 15.1. The van der Waals surface area contributed by atoms with Crippen molar-refractivity contribution in [3.8, 4) is 0 Å². The van der Waals surface area contributed by atoms with Gasteiger partial charge in [0.2, 0.25) is 0 Å². The zero-order valence-corrected chi connectivity index (χ0v) is 18.9. The maximum atomic E-state index is 4.75. The molecule has 0 bridgehead atoms. The van der Waals surface area contributed by atoms with Gasteiger partial charge < -0.3 is 15.2 Å². The fourth-order valence-corrected chi connectivity index (χ4v) is 2.48. The van der Waals surface area contributed by atoms with Crippen molar-refractivity contribution in [3.05, 3.63) is 12.2 Å². The molecule has 0 amide bonds. The molecule has 146 valence electrons. The van der Waals surface area contributed by atoms with Crippen molar-refractivity contribution < 1.29 is 0 Å². The Bertz CT molecular complexity index is 474. The number of nitrogens with one attached hydrogen (secondary N) is 2. The van der Waals surface area contributed by atoms with Crippen molar-refractivity contribution in [2.45, 2.75) is 91.8 Å². The lowest BCUT2D eigenvalue weighted by atomic mass is 10.1. The molecule has 0 aliphatic rings. The molecule has 0 radical (unpaired) electrons. The van der Waals surface area contributed by atoms with Crippen LogP contribution in [0.4, 0.5) is 0 Å². The molecule has 2 N–H and O–H groups in total. The van der Waals surface area contributed by atoms with E-state index in [0.29, 0.717) is 12.1 Å². The minimum Gasteiger partial charge on any atom is -0.354 e. The molecular weight excluding hydrogens is 427 g/mol. The largest absolute Gasteiger partial charge is 0.354 e. The summed E-state index contributed by atoms with van der Waals surface area (Å²) in [6.45, 7) is 12.5. The predicted octanol–water partition coefficient (Wildman–Crippen LogP) is 3.76. The number of aryl methyl sites for hydroxylation is 1. The van der Waals surface area contributed by atoms with Crippen molar-refractivity contribution in [3.63, 3.8) is 0 Å². The lowest BCUT2D eigenvalue weighted by molar-refractivity contribution is 0.534. The van der Waals surface area contributed by atoms with E-state index in [4.69, 9.17) is 4.99 Å². The van der Waals surface area contributed by atoms with Crippen molar-refractivity contribution >= 4 is 29.9 Å². The van der Waals surface area contributed by atoms with E-state index in [-0.39, 0.29) is 24.0 Å². The molecule has 1 heterocycles. The van der Waals surface area contributed by atoms with Gasteiger partial charge in [0.05, 0.1) is 6.54 Å². The van der Waals surface area contributed by atoms with E-state index < -0.39 is 0 Å². The van der Waals surface area contributed by atoms with Gasteiger partial charge in [-0.05, 0) is 26.7 Å². The van der Waals surface area contributed by atoms with Crippen LogP contribution >= 0.6 is 24.0 Å². The maximum Gasteiger partial charge on any atom is 0.191 e. The average molecular weight is 464 g/mol. The van der Waals surface area contributed by atoms with Crippen LogP contribution in [0.3, 0.4) is 0 Å². The zero-order chi connectivity index (χ0) is 17.8. The van der Waals surface area contributed by atoms with Crippen LogP contribution in [0, 0.1) is 0 Å². The van der Waals surface area contributed by atoms with Crippen LogP contribution in [0.1, 0.15) is 72.5 Å². The summed E-state index contributed by atoms with van der Waals surface area (Å²) in [5.41, 5.74) is 0. The second-order valence-corrected chi connectivity index (χ2v) is 6.52. The van der Waals surface area contributed by atoms with Crippen molar-refractivity contribution in [2.75, 3.05) is 6.54 Å². The van der Waals surface area contributed by atoms with E-state index in [0.717, 1.165) is 37.7 Å². The van der Waals surface area contributed by atoms with E-state index in [2.05, 4.69) is 60.0 Å². The third kappa shape index (κ3) is 10.0. The summed E-state index contributed by atoms with van der Waals surface area (Å²) in [5.74, 6) is 1.93. The lowest BCUT2D eigenvalue weighted by Crippen LogP contribution is -2.45. The molecule has 0 saturated carbocycles. The molecule has 0 aromatic carbocycles. The first-order valence-corrected chi connectivity index (χ1v) is 9.54. The van der Waals surface area contributed by atoms with Gasteiger partial charge in [-0.1, -0.05) is 40.0 Å². The highest BCUT2D eigenvalue weighted by molar-refractivity contribution is 14.0. The number of nitrogens with zero attached hydrogens (tertiary/aromatic N) is 4. The Hall–Kier alpha value is -0.860. The molecule has 1 rings (SSSR count). The maximum absolute atomic E-state index is 4.75. The molecule has 0 fully saturated rings. The van der Waals surface area contributed by atoms with Crippen LogP contribution in [-0.2, 0) is 13.0 Å². The second-order valence-electron chi connectivity index (χ2n) is 6.52. The molecule has 6 nitrogen and oxygen atoms in total. The molecule has 2 unspecified atom stereocenters. The summed E-state index contributed by atoms with van der Waals surface area (Å²) in [4.78, 5) is 4.75. The smallest absolute Gasteiger partial charge is 0.191 e. The molecule has 25 heavy (non-hydrogen) atoms. The Labute approximate surface area is 170 Å². The third-order valence-electron chi connectivity index (χ3n) is 4.24. The summed E-state index contributed by atoms with van der Waals surface area (Å²) in [7, 11) is 0. The van der Waals surface area contributed by atoms with E-state index in [9.17, 15) is 0 Å². The fraction of sp³-hybridized carbons (Fsp3) is 0.833. The molecule has 0 aliphatic carbocycles. The number of rotatable bonds is 11. The number of hydrogen-bond donors (Lipinski definition) is 2. The van der Waals surface area contributed by atoms with E-state index in [1.807, 2.05) is 0 Å². The van der Waals surface area contributed by atoms with Crippen LogP contribution in [0.5, 0.6) is 0 Å². The van der Waals surface area contributed by atoms with Crippen LogP contribution in [0.15, 0.2) is 11.3 Å². The Morgan fingerprint density at radius 3 is 2.52 bits per heavy atom. The standard InChI is InChI=1S/C18H36N6.HI/c1-6-9-10-11-16(5)22-18(21-15(4)7-2)19-12-13-24-14-20-23-17(24)8-3;/h14-16H,6-13H2,1-5H3,(H2,19,21,22);1H. The molecule has 1 aromatic rings. The van der Waals surface area contributed by atoms with Gasteiger partial charge in [0.1, 0.15) is 12.2 Å². The number of halogens is 1. The quantitative estimate of drug-likeness (QED) is 0.227. The number of hydrogen-bond acceptors (Lipinski definition) is 3. The SMILES string of the molecule is CCCCCC(C)NC(=NCCn1cnnc1CC)NC(C)CC.I. The highest BCUT2D eigenvalue weighted by atomic mass is 127. The molecule has 1 aromatic heterocycles. The third-order valence-corrected chi connectivity index (χ3v) is 4.24. The molecule has 0 spiro atoms. The van der Waals surface area contributed by atoms with Crippen molar-refractivity contribution in [1.82, 2.24) is 25.4 Å². The van der Waals surface area contributed by atoms with Gasteiger partial charge in [0.15, 0.2) is 5.96 Å². The number of guanidine groups is 1. The van der Waals surface area contributed by atoms with Gasteiger partial charge in [0.25, 0.3) is 0 Å². The van der Waals surface area contributed by atoms with Gasteiger partial charge >= 0.3 is 0 Å². The van der Waals surface area contributed by atoms with Crippen LogP contribution < -0.4 is 10.6 Å². The molecular formula is C18H37IN6. The van der Waals surface area contributed by atoms with E-state index >= 15 is 0 Å². The van der Waals surface area contributed by atoms with E-state index in [1.54, 1.807) is 6.33 Å². The highest BCUT2D eigenvalue weighted by Gasteiger charge is 2.08. The fourth-order valence-electron chi connectivity index (χ4n) is 2.48. The van der Waals surface area contributed by atoms with Gasteiger partial charge in [-0.3, -0.25) is 4.99 Å². The second kappa shape index (κ2) is 14.3. The summed E-state index contributed by atoms with van der Waals surface area (Å²) < 4.78 is 2.08. The zero-order valence-electron chi connectivity index (χ0n) is 16.6. The molecule has 7 heteroatoms. The Balaban J connectivity index is 0.00000576. The first kappa shape index (κ1) is 24.1. The first-order valence-electron chi connectivity index (χ1n) is 9.54. The van der Waals surface area contributed by atoms with Gasteiger partial charge in [-0.2, -0.15) is 0 Å². The number of aromatic nitrogens is 3. The highest BCUT2D eigenvalue weighted by Crippen LogP contribution is 2.03. The Morgan fingerprint density at radius 1 is 1.16 bits per heavy atom. The lowest BCUT2D eigenvalue weighted by Gasteiger charge is -2.21. The van der Waals surface area contributed by atoms with Crippen LogP contribution in [0.2, 0.25) is 0 Å². The van der Waals surface area contributed by atoms with Gasteiger partial charge in [0, 0.05) is 25.0 Å². The van der Waals surface area contributed by atoms with Crippen molar-refractivity contribution in [2.24, 2.45) is 4.99 Å². The number of aliphatic imine (C=N–C) groups is 1. The van der Waals surface area contributed by atoms with Gasteiger partial charge in [-0.25, -0.2) is 0 Å². The van der Waals surface area contributed by atoms with Crippen LogP contribution in [-0.4, -0.2) is 39.4 Å². The Kier molecular flexibility index (Phi) is 13.8. The summed E-state index contributed by atoms with van der Waals surface area (Å²) in [6.07, 6.45) is 8.77. The molecule has 0 saturated heterocycles. The van der Waals surface area contributed by atoms with E-state index in [1.165, 1.54) is 25.7 Å². The van der Waals surface area contributed by atoms with Crippen LogP contribution in [0.25, 0.3) is 0 Å². The minimum absolute atomic E-state index is 0. The topological polar surface area (TPSA) is 67.1 Å². The molecule has 2 atom stereocenters. The average Bonchev–Trinajstić information content (AvgIpc) is 3.02. The molecule has 0 aliphatic heterocycles. The summed E-state index contributed by atoms with van der Waals surface area (Å²) in [6, 6.07) is 0.855. The first-order chi connectivity index (χ1) is 11.6. The van der Waals surface area contributed by atoms with Crippen molar-refractivity contribution in [1.29, 1.82) is 0 Å².